The highest BCUT2D eigenvalue weighted by molar-refractivity contribution is 7.17. The van der Waals surface area contributed by atoms with E-state index in [4.69, 9.17) is 5.73 Å². The van der Waals surface area contributed by atoms with Gasteiger partial charge in [-0.25, -0.2) is 0 Å². The standard InChI is InChI=1S/C23H30N2O2S/c1-14-5-7-15(8-6-14)9-12-19(26)25-22-20(21(24)27)17-11-10-16(23(2,3)4)13-18(17)28-22/h5-8,16H,9-13H2,1-4H3,(H2,24,27)(H,25,26). The molecule has 28 heavy (non-hydrogen) atoms. The molecule has 0 aliphatic heterocycles. The molecule has 1 aliphatic rings. The Labute approximate surface area is 171 Å². The van der Waals surface area contributed by atoms with Crippen molar-refractivity contribution in [2.75, 3.05) is 5.32 Å². The molecule has 1 unspecified atom stereocenters. The van der Waals surface area contributed by atoms with Crippen molar-refractivity contribution in [3.05, 3.63) is 51.4 Å². The van der Waals surface area contributed by atoms with Crippen molar-refractivity contribution in [3.8, 4) is 0 Å². The van der Waals surface area contributed by atoms with Crippen LogP contribution in [0.15, 0.2) is 24.3 Å². The molecule has 1 aromatic carbocycles. The second-order valence-corrected chi connectivity index (χ2v) is 10.0. The van der Waals surface area contributed by atoms with Gasteiger partial charge in [0.25, 0.3) is 5.91 Å². The SMILES string of the molecule is Cc1ccc(CCC(=O)Nc2sc3c(c2C(N)=O)CCC(C(C)(C)C)C3)cc1. The number of rotatable bonds is 5. The summed E-state index contributed by atoms with van der Waals surface area (Å²) in [5, 5.41) is 3.59. The zero-order valence-electron chi connectivity index (χ0n) is 17.2. The number of fused-ring (bicyclic) bond motifs is 1. The van der Waals surface area contributed by atoms with Gasteiger partial charge in [-0.05, 0) is 55.1 Å². The third-order valence-electron chi connectivity index (χ3n) is 5.75. The summed E-state index contributed by atoms with van der Waals surface area (Å²) in [6.07, 6.45) is 3.91. The van der Waals surface area contributed by atoms with Crippen molar-refractivity contribution in [1.29, 1.82) is 0 Å². The lowest BCUT2D eigenvalue weighted by Gasteiger charge is -2.33. The number of amides is 2. The van der Waals surface area contributed by atoms with E-state index < -0.39 is 5.91 Å². The molecule has 3 rings (SSSR count). The number of benzene rings is 1. The van der Waals surface area contributed by atoms with Gasteiger partial charge in [-0.2, -0.15) is 0 Å². The zero-order chi connectivity index (χ0) is 20.5. The molecular weight excluding hydrogens is 368 g/mol. The number of primary amides is 1. The van der Waals surface area contributed by atoms with Crippen LogP contribution in [0.2, 0.25) is 0 Å². The lowest BCUT2D eigenvalue weighted by Crippen LogP contribution is -2.27. The van der Waals surface area contributed by atoms with Gasteiger partial charge in [0, 0.05) is 11.3 Å². The molecule has 1 heterocycles. The number of nitrogens with two attached hydrogens (primary N) is 1. The number of carbonyl (C=O) groups is 2. The summed E-state index contributed by atoms with van der Waals surface area (Å²) >= 11 is 1.53. The molecular formula is C23H30N2O2S. The molecule has 0 saturated carbocycles. The van der Waals surface area contributed by atoms with Crippen molar-refractivity contribution in [2.24, 2.45) is 17.1 Å². The van der Waals surface area contributed by atoms with Crippen LogP contribution in [0.3, 0.4) is 0 Å². The van der Waals surface area contributed by atoms with Gasteiger partial charge in [-0.3, -0.25) is 9.59 Å². The van der Waals surface area contributed by atoms with Crippen LogP contribution in [0, 0.1) is 18.3 Å². The molecule has 1 aromatic heterocycles. The Morgan fingerprint density at radius 3 is 2.50 bits per heavy atom. The van der Waals surface area contributed by atoms with Gasteiger partial charge < -0.3 is 11.1 Å². The number of hydrogen-bond donors (Lipinski definition) is 2. The predicted octanol–water partition coefficient (Wildman–Crippen LogP) is 4.88. The summed E-state index contributed by atoms with van der Waals surface area (Å²) < 4.78 is 0. The van der Waals surface area contributed by atoms with Crippen LogP contribution in [-0.4, -0.2) is 11.8 Å². The lowest BCUT2D eigenvalue weighted by atomic mass is 9.72. The van der Waals surface area contributed by atoms with Gasteiger partial charge in [0.15, 0.2) is 0 Å². The summed E-state index contributed by atoms with van der Waals surface area (Å²) in [6.45, 7) is 8.84. The van der Waals surface area contributed by atoms with Gasteiger partial charge in [0.1, 0.15) is 5.00 Å². The summed E-state index contributed by atoms with van der Waals surface area (Å²) in [6, 6.07) is 8.21. The number of nitrogens with one attached hydrogen (secondary N) is 1. The van der Waals surface area contributed by atoms with Crippen LogP contribution < -0.4 is 11.1 Å². The minimum absolute atomic E-state index is 0.0750. The second-order valence-electron chi connectivity index (χ2n) is 8.91. The smallest absolute Gasteiger partial charge is 0.251 e. The third kappa shape index (κ3) is 4.64. The van der Waals surface area contributed by atoms with Crippen molar-refractivity contribution >= 4 is 28.2 Å². The van der Waals surface area contributed by atoms with Gasteiger partial charge in [-0.15, -0.1) is 11.3 Å². The first kappa shape index (κ1) is 20.6. The normalized spacial score (nSPS) is 16.5. The fraction of sp³-hybridized carbons (Fsp3) is 0.478. The minimum Gasteiger partial charge on any atom is -0.365 e. The van der Waals surface area contributed by atoms with Crippen LogP contribution in [0.25, 0.3) is 0 Å². The maximum Gasteiger partial charge on any atom is 0.251 e. The fourth-order valence-electron chi connectivity index (χ4n) is 3.88. The highest BCUT2D eigenvalue weighted by Gasteiger charge is 2.33. The van der Waals surface area contributed by atoms with Crippen LogP contribution in [-0.2, 0) is 24.1 Å². The number of hydrogen-bond acceptors (Lipinski definition) is 3. The van der Waals surface area contributed by atoms with E-state index in [0.29, 0.717) is 29.3 Å². The third-order valence-corrected chi connectivity index (χ3v) is 6.92. The predicted molar refractivity (Wildman–Crippen MR) is 116 cm³/mol. The second kappa shape index (κ2) is 8.08. The fourth-order valence-corrected chi connectivity index (χ4v) is 5.22. The van der Waals surface area contributed by atoms with E-state index in [9.17, 15) is 9.59 Å². The highest BCUT2D eigenvalue weighted by Crippen LogP contribution is 2.44. The Bertz CT molecular complexity index is 875. The summed E-state index contributed by atoms with van der Waals surface area (Å²) in [5.74, 6) is 0.0547. The average molecular weight is 399 g/mol. The molecule has 1 aliphatic carbocycles. The van der Waals surface area contributed by atoms with Gasteiger partial charge in [-0.1, -0.05) is 50.6 Å². The lowest BCUT2D eigenvalue weighted by molar-refractivity contribution is -0.116. The monoisotopic (exact) mass is 398 g/mol. The molecule has 0 spiro atoms. The maximum atomic E-state index is 12.5. The number of anilines is 1. The van der Waals surface area contributed by atoms with Gasteiger partial charge in [0.2, 0.25) is 5.91 Å². The summed E-state index contributed by atoms with van der Waals surface area (Å²) in [7, 11) is 0. The van der Waals surface area contributed by atoms with Crippen LogP contribution >= 0.6 is 11.3 Å². The van der Waals surface area contributed by atoms with Crippen LogP contribution in [0.5, 0.6) is 0 Å². The van der Waals surface area contributed by atoms with Crippen LogP contribution in [0.1, 0.15) is 65.5 Å². The first-order chi connectivity index (χ1) is 13.1. The Hall–Kier alpha value is -2.14. The first-order valence-corrected chi connectivity index (χ1v) is 10.8. The van der Waals surface area contributed by atoms with E-state index in [1.165, 1.54) is 21.8 Å². The first-order valence-electron chi connectivity index (χ1n) is 9.95. The summed E-state index contributed by atoms with van der Waals surface area (Å²) in [5.41, 5.74) is 9.81. The Morgan fingerprint density at radius 2 is 1.89 bits per heavy atom. The van der Waals surface area contributed by atoms with Crippen LogP contribution in [0.4, 0.5) is 5.00 Å². The van der Waals surface area contributed by atoms with Gasteiger partial charge in [0.05, 0.1) is 5.56 Å². The molecule has 4 nitrogen and oxygen atoms in total. The molecule has 2 amide bonds. The van der Waals surface area contributed by atoms with Crippen molar-refractivity contribution in [3.63, 3.8) is 0 Å². The van der Waals surface area contributed by atoms with E-state index in [2.05, 4.69) is 38.2 Å². The molecule has 2 aromatic rings. The van der Waals surface area contributed by atoms with Crippen molar-refractivity contribution in [2.45, 2.75) is 59.8 Å². The molecule has 1 atom stereocenters. The summed E-state index contributed by atoms with van der Waals surface area (Å²) in [4.78, 5) is 25.8. The molecule has 3 N–H and O–H groups in total. The minimum atomic E-state index is -0.444. The molecule has 0 bridgehead atoms. The molecule has 0 saturated heterocycles. The van der Waals surface area contributed by atoms with E-state index in [1.807, 2.05) is 19.1 Å². The van der Waals surface area contributed by atoms with E-state index in [-0.39, 0.29) is 11.3 Å². The van der Waals surface area contributed by atoms with E-state index >= 15 is 0 Å². The largest absolute Gasteiger partial charge is 0.365 e. The maximum absolute atomic E-state index is 12.5. The number of carbonyl (C=O) groups excluding carboxylic acids is 2. The van der Waals surface area contributed by atoms with E-state index in [1.54, 1.807) is 0 Å². The number of aryl methyl sites for hydroxylation is 2. The Balaban J connectivity index is 1.73. The number of thiophene rings is 1. The molecule has 5 heteroatoms. The quantitative estimate of drug-likeness (QED) is 0.753. The highest BCUT2D eigenvalue weighted by atomic mass is 32.1. The zero-order valence-corrected chi connectivity index (χ0v) is 18.0. The van der Waals surface area contributed by atoms with Crippen molar-refractivity contribution in [1.82, 2.24) is 0 Å². The Morgan fingerprint density at radius 1 is 1.21 bits per heavy atom. The average Bonchev–Trinajstić information content (AvgIpc) is 2.97. The van der Waals surface area contributed by atoms with Gasteiger partial charge >= 0.3 is 0 Å². The molecule has 0 fully saturated rings. The van der Waals surface area contributed by atoms with E-state index in [0.717, 1.165) is 30.4 Å². The molecule has 0 radical (unpaired) electrons. The Kier molecular flexibility index (Phi) is 5.94. The molecule has 150 valence electrons. The van der Waals surface area contributed by atoms with Crippen molar-refractivity contribution < 1.29 is 9.59 Å². The topological polar surface area (TPSA) is 72.2 Å².